The number of aromatic nitrogens is 4. The van der Waals surface area contributed by atoms with Gasteiger partial charge in [-0.25, -0.2) is 4.98 Å². The number of pyridine rings is 1. The maximum Gasteiger partial charge on any atom is 0.258 e. The predicted octanol–water partition coefficient (Wildman–Crippen LogP) is 2.60. The number of hydrogen-bond donors (Lipinski definition) is 0. The van der Waals surface area contributed by atoms with E-state index in [1.165, 1.54) is 0 Å². The minimum Gasteiger partial charge on any atom is -0.374 e. The van der Waals surface area contributed by atoms with Gasteiger partial charge < -0.3 is 13.8 Å². The van der Waals surface area contributed by atoms with Crippen molar-refractivity contribution in [1.82, 2.24) is 20.3 Å². The van der Waals surface area contributed by atoms with E-state index in [-0.39, 0.29) is 6.10 Å². The van der Waals surface area contributed by atoms with Gasteiger partial charge in [0.05, 0.1) is 16.6 Å². The SMILES string of the molecule is CO[C@H](C)c1noc(-c2cc(C)nc3onc(C)c23)n1. The van der Waals surface area contributed by atoms with Gasteiger partial charge in [-0.1, -0.05) is 10.3 Å². The van der Waals surface area contributed by atoms with E-state index in [2.05, 4.69) is 20.3 Å². The number of nitrogens with zero attached hydrogens (tertiary/aromatic N) is 4. The molecule has 0 aliphatic carbocycles. The molecule has 0 unspecified atom stereocenters. The summed E-state index contributed by atoms with van der Waals surface area (Å²) in [4.78, 5) is 8.66. The topological polar surface area (TPSA) is 87.1 Å². The van der Waals surface area contributed by atoms with Crippen LogP contribution >= 0.6 is 0 Å². The van der Waals surface area contributed by atoms with Gasteiger partial charge >= 0.3 is 0 Å². The van der Waals surface area contributed by atoms with E-state index in [0.717, 1.165) is 22.3 Å². The number of methoxy groups -OCH3 is 1. The third-order valence-corrected chi connectivity index (χ3v) is 3.13. The van der Waals surface area contributed by atoms with E-state index in [9.17, 15) is 0 Å². The molecule has 0 bridgehead atoms. The number of ether oxygens (including phenoxy) is 1. The van der Waals surface area contributed by atoms with Crippen molar-refractivity contribution >= 4 is 11.1 Å². The molecule has 3 rings (SSSR count). The molecule has 3 aromatic rings. The summed E-state index contributed by atoms with van der Waals surface area (Å²) in [7, 11) is 1.60. The Bertz CT molecular complexity index is 762. The fourth-order valence-corrected chi connectivity index (χ4v) is 2.00. The lowest BCUT2D eigenvalue weighted by Crippen LogP contribution is -1.97. The zero-order chi connectivity index (χ0) is 14.3. The van der Waals surface area contributed by atoms with Crippen LogP contribution in [-0.4, -0.2) is 27.4 Å². The molecular weight excluding hydrogens is 260 g/mol. The molecule has 0 amide bonds. The molecule has 0 saturated heterocycles. The van der Waals surface area contributed by atoms with Gasteiger partial charge in [-0.15, -0.1) is 0 Å². The first-order valence-electron chi connectivity index (χ1n) is 6.20. The molecule has 0 N–H and O–H groups in total. The maximum absolute atomic E-state index is 5.32. The van der Waals surface area contributed by atoms with Crippen LogP contribution in [0.2, 0.25) is 0 Å². The van der Waals surface area contributed by atoms with Crippen molar-refractivity contribution in [1.29, 1.82) is 0 Å². The highest BCUT2D eigenvalue weighted by molar-refractivity contribution is 5.91. The Labute approximate surface area is 114 Å². The highest BCUT2D eigenvalue weighted by Crippen LogP contribution is 2.30. The summed E-state index contributed by atoms with van der Waals surface area (Å²) in [5.41, 5.74) is 2.77. The molecule has 0 aliphatic rings. The summed E-state index contributed by atoms with van der Waals surface area (Å²) in [6.07, 6.45) is -0.227. The summed E-state index contributed by atoms with van der Waals surface area (Å²) in [5.74, 6) is 0.907. The largest absolute Gasteiger partial charge is 0.374 e. The van der Waals surface area contributed by atoms with Crippen LogP contribution in [0.3, 0.4) is 0 Å². The van der Waals surface area contributed by atoms with Gasteiger partial charge in [0.1, 0.15) is 6.10 Å². The average molecular weight is 274 g/mol. The zero-order valence-electron chi connectivity index (χ0n) is 11.7. The number of fused-ring (bicyclic) bond motifs is 1. The Morgan fingerprint density at radius 3 is 2.70 bits per heavy atom. The highest BCUT2D eigenvalue weighted by atomic mass is 16.5. The Morgan fingerprint density at radius 2 is 1.95 bits per heavy atom. The van der Waals surface area contributed by atoms with Crippen LogP contribution in [0.5, 0.6) is 0 Å². The third kappa shape index (κ3) is 1.96. The Balaban J connectivity index is 2.18. The lowest BCUT2D eigenvalue weighted by Gasteiger charge is -2.01. The molecular formula is C13H14N4O3. The van der Waals surface area contributed by atoms with Crippen molar-refractivity contribution < 1.29 is 13.8 Å². The Morgan fingerprint density at radius 1 is 1.15 bits per heavy atom. The van der Waals surface area contributed by atoms with Crippen molar-refractivity contribution in [2.75, 3.05) is 7.11 Å². The first kappa shape index (κ1) is 12.7. The number of hydrogen-bond acceptors (Lipinski definition) is 7. The summed E-state index contributed by atoms with van der Waals surface area (Å²) >= 11 is 0. The predicted molar refractivity (Wildman–Crippen MR) is 70.0 cm³/mol. The zero-order valence-corrected chi connectivity index (χ0v) is 11.7. The van der Waals surface area contributed by atoms with Gasteiger partial charge in [0.2, 0.25) is 5.82 Å². The monoisotopic (exact) mass is 274 g/mol. The summed E-state index contributed by atoms with van der Waals surface area (Å²) in [5, 5.41) is 8.65. The smallest absolute Gasteiger partial charge is 0.258 e. The molecule has 0 spiro atoms. The van der Waals surface area contributed by atoms with Crippen molar-refractivity contribution in [2.45, 2.75) is 26.9 Å². The second-order valence-electron chi connectivity index (χ2n) is 4.59. The van der Waals surface area contributed by atoms with Crippen LogP contribution in [0, 0.1) is 13.8 Å². The van der Waals surface area contributed by atoms with E-state index in [1.54, 1.807) is 7.11 Å². The van der Waals surface area contributed by atoms with E-state index < -0.39 is 0 Å². The lowest BCUT2D eigenvalue weighted by molar-refractivity contribution is 0.109. The molecule has 104 valence electrons. The standard InChI is InChI=1S/C13H14N4O3/c1-6-5-9(10-7(2)16-20-13(10)14-6)12-15-11(17-19-12)8(3)18-4/h5,8H,1-4H3/t8-/m1/s1. The fourth-order valence-electron chi connectivity index (χ4n) is 2.00. The normalized spacial score (nSPS) is 13.0. The van der Waals surface area contributed by atoms with Crippen molar-refractivity contribution in [3.8, 4) is 11.5 Å². The molecule has 7 nitrogen and oxygen atoms in total. The van der Waals surface area contributed by atoms with Crippen LogP contribution in [-0.2, 0) is 4.74 Å². The molecule has 7 heteroatoms. The van der Waals surface area contributed by atoms with E-state index in [1.807, 2.05) is 26.8 Å². The van der Waals surface area contributed by atoms with Crippen LogP contribution in [0.15, 0.2) is 15.1 Å². The number of rotatable bonds is 3. The Kier molecular flexibility index (Phi) is 2.98. The summed E-state index contributed by atoms with van der Waals surface area (Å²) in [6.45, 7) is 5.57. The van der Waals surface area contributed by atoms with E-state index in [0.29, 0.717) is 17.4 Å². The molecule has 1 atom stereocenters. The molecule has 0 aromatic carbocycles. The van der Waals surface area contributed by atoms with E-state index in [4.69, 9.17) is 13.8 Å². The second-order valence-corrected chi connectivity index (χ2v) is 4.59. The first-order valence-corrected chi connectivity index (χ1v) is 6.20. The molecule has 0 fully saturated rings. The van der Waals surface area contributed by atoms with Crippen LogP contribution in [0.25, 0.3) is 22.6 Å². The minimum absolute atomic E-state index is 0.227. The molecule has 0 aliphatic heterocycles. The van der Waals surface area contributed by atoms with E-state index >= 15 is 0 Å². The molecule has 0 saturated carbocycles. The van der Waals surface area contributed by atoms with Crippen molar-refractivity contribution in [3.63, 3.8) is 0 Å². The third-order valence-electron chi connectivity index (χ3n) is 3.13. The Hall–Kier alpha value is -2.28. The van der Waals surface area contributed by atoms with Crippen LogP contribution < -0.4 is 0 Å². The number of aryl methyl sites for hydroxylation is 2. The highest BCUT2D eigenvalue weighted by Gasteiger charge is 2.20. The van der Waals surface area contributed by atoms with Crippen molar-refractivity contribution in [2.24, 2.45) is 0 Å². The molecule has 0 radical (unpaired) electrons. The van der Waals surface area contributed by atoms with Crippen molar-refractivity contribution in [3.05, 3.63) is 23.3 Å². The second kappa shape index (κ2) is 4.68. The van der Waals surface area contributed by atoms with Crippen LogP contribution in [0.4, 0.5) is 0 Å². The van der Waals surface area contributed by atoms with Crippen LogP contribution in [0.1, 0.15) is 30.2 Å². The van der Waals surface area contributed by atoms with Gasteiger partial charge in [-0.3, -0.25) is 0 Å². The first-order chi connectivity index (χ1) is 9.60. The van der Waals surface area contributed by atoms with Gasteiger partial charge in [-0.05, 0) is 26.8 Å². The summed E-state index contributed by atoms with van der Waals surface area (Å²) < 4.78 is 15.7. The van der Waals surface area contributed by atoms with Gasteiger partial charge in [0, 0.05) is 12.8 Å². The maximum atomic E-state index is 5.32. The summed E-state index contributed by atoms with van der Waals surface area (Å²) in [6, 6.07) is 1.88. The quantitative estimate of drug-likeness (QED) is 0.725. The van der Waals surface area contributed by atoms with Gasteiger partial charge in [-0.2, -0.15) is 4.98 Å². The fraction of sp³-hybridized carbons (Fsp3) is 0.385. The lowest BCUT2D eigenvalue weighted by atomic mass is 10.1. The van der Waals surface area contributed by atoms with Gasteiger partial charge in [0.15, 0.2) is 0 Å². The van der Waals surface area contributed by atoms with Gasteiger partial charge in [0.25, 0.3) is 11.6 Å². The average Bonchev–Trinajstić information content (AvgIpc) is 3.05. The molecule has 3 aromatic heterocycles. The minimum atomic E-state index is -0.227. The molecule has 3 heterocycles. The molecule has 20 heavy (non-hydrogen) atoms.